The third-order valence-corrected chi connectivity index (χ3v) is 5.64. The van der Waals surface area contributed by atoms with Gasteiger partial charge in [0.05, 0.1) is 17.0 Å². The van der Waals surface area contributed by atoms with Crippen molar-refractivity contribution in [2.45, 2.75) is 11.5 Å². The van der Waals surface area contributed by atoms with Crippen LogP contribution in [0.25, 0.3) is 0 Å². The number of aromatic nitrogens is 2. The third kappa shape index (κ3) is 5.52. The predicted octanol–water partition coefficient (Wildman–Crippen LogP) is 2.31. The minimum absolute atomic E-state index is 0.0187. The smallest absolute Gasteiger partial charge is 0.339 e. The first-order chi connectivity index (χ1) is 15.3. The van der Waals surface area contributed by atoms with Crippen molar-refractivity contribution >= 4 is 29.3 Å². The summed E-state index contributed by atoms with van der Waals surface area (Å²) in [6, 6.07) is 13.2. The Bertz CT molecular complexity index is 1270. The van der Waals surface area contributed by atoms with Gasteiger partial charge in [-0.2, -0.15) is 0 Å². The number of hydrogen-bond donors (Lipinski definition) is 1. The number of halogens is 1. The fourth-order valence-electron chi connectivity index (χ4n) is 2.77. The van der Waals surface area contributed by atoms with E-state index in [2.05, 4.69) is 5.32 Å². The minimum atomic E-state index is -0.653. The zero-order chi connectivity index (χ0) is 23.3. The molecule has 0 aliphatic rings. The normalized spacial score (nSPS) is 10.6. The molecule has 1 amide bonds. The van der Waals surface area contributed by atoms with E-state index in [1.54, 1.807) is 24.3 Å². The summed E-state index contributed by atoms with van der Waals surface area (Å²) in [5.74, 6) is -1.36. The Kier molecular flexibility index (Phi) is 7.26. The van der Waals surface area contributed by atoms with E-state index in [1.807, 2.05) is 0 Å². The molecule has 8 nitrogen and oxygen atoms in total. The SMILES string of the molecule is Cn1c(COC(=O)c2ccccc2SCC(=O)Nc2ccc(F)cc2)cc(=O)n(C)c1=O. The van der Waals surface area contributed by atoms with Crippen LogP contribution in [0.5, 0.6) is 0 Å². The van der Waals surface area contributed by atoms with Gasteiger partial charge in [0.25, 0.3) is 5.56 Å². The van der Waals surface area contributed by atoms with Gasteiger partial charge in [-0.15, -0.1) is 11.8 Å². The monoisotopic (exact) mass is 457 g/mol. The zero-order valence-corrected chi connectivity index (χ0v) is 18.1. The summed E-state index contributed by atoms with van der Waals surface area (Å²) >= 11 is 1.14. The van der Waals surface area contributed by atoms with Crippen molar-refractivity contribution in [3.8, 4) is 0 Å². The van der Waals surface area contributed by atoms with Gasteiger partial charge in [0.1, 0.15) is 12.4 Å². The van der Waals surface area contributed by atoms with Gasteiger partial charge in [-0.05, 0) is 36.4 Å². The summed E-state index contributed by atoms with van der Waals surface area (Å²) in [4.78, 5) is 49.2. The second kappa shape index (κ2) is 10.1. The average molecular weight is 457 g/mol. The molecule has 0 aliphatic carbocycles. The standard InChI is InChI=1S/C22H20FN3O5S/c1-25-16(11-20(28)26(2)22(25)30)12-31-21(29)17-5-3-4-6-18(17)32-13-19(27)24-15-9-7-14(23)8-10-15/h3-11H,12-13H2,1-2H3,(H,24,27). The number of hydrogen-bond acceptors (Lipinski definition) is 6. The predicted molar refractivity (Wildman–Crippen MR) is 118 cm³/mol. The van der Waals surface area contributed by atoms with Crippen LogP contribution in [0.1, 0.15) is 16.1 Å². The second-order valence-corrected chi connectivity index (χ2v) is 7.81. The summed E-state index contributed by atoms with van der Waals surface area (Å²) in [6.45, 7) is -0.259. The first-order valence-electron chi connectivity index (χ1n) is 9.46. The maximum Gasteiger partial charge on any atom is 0.339 e. The summed E-state index contributed by atoms with van der Waals surface area (Å²) < 4.78 is 20.5. The van der Waals surface area contributed by atoms with E-state index in [9.17, 15) is 23.6 Å². The van der Waals surface area contributed by atoms with Crippen LogP contribution in [0.4, 0.5) is 10.1 Å². The first kappa shape index (κ1) is 23.0. The maximum absolute atomic E-state index is 13.0. The molecule has 3 rings (SSSR count). The zero-order valence-electron chi connectivity index (χ0n) is 17.3. The molecule has 0 radical (unpaired) electrons. The van der Waals surface area contributed by atoms with Crippen LogP contribution in [0, 0.1) is 5.82 Å². The van der Waals surface area contributed by atoms with E-state index in [4.69, 9.17) is 4.74 Å². The van der Waals surface area contributed by atoms with Gasteiger partial charge >= 0.3 is 11.7 Å². The summed E-state index contributed by atoms with van der Waals surface area (Å²) in [5, 5.41) is 2.65. The van der Waals surface area contributed by atoms with Crippen LogP contribution in [0.15, 0.2) is 69.1 Å². The lowest BCUT2D eigenvalue weighted by atomic mass is 10.2. The highest BCUT2D eigenvalue weighted by atomic mass is 32.2. The summed E-state index contributed by atoms with van der Waals surface area (Å²) in [6.07, 6.45) is 0. The fourth-order valence-corrected chi connectivity index (χ4v) is 3.61. The average Bonchev–Trinajstić information content (AvgIpc) is 2.79. The van der Waals surface area contributed by atoms with Gasteiger partial charge in [0.15, 0.2) is 0 Å². The first-order valence-corrected chi connectivity index (χ1v) is 10.4. The van der Waals surface area contributed by atoms with Crippen molar-refractivity contribution < 1.29 is 18.7 Å². The van der Waals surface area contributed by atoms with Gasteiger partial charge in [-0.1, -0.05) is 12.1 Å². The highest BCUT2D eigenvalue weighted by molar-refractivity contribution is 8.00. The molecule has 0 atom stereocenters. The van der Waals surface area contributed by atoms with Crippen LogP contribution < -0.4 is 16.6 Å². The van der Waals surface area contributed by atoms with Crippen LogP contribution in [-0.2, 0) is 30.2 Å². The molecule has 1 heterocycles. The molecule has 0 fully saturated rings. The van der Waals surface area contributed by atoms with Gasteiger partial charge < -0.3 is 10.1 Å². The van der Waals surface area contributed by atoms with Crippen LogP contribution in [-0.4, -0.2) is 26.8 Å². The molecule has 0 spiro atoms. The molecule has 0 bridgehead atoms. The molecule has 1 aromatic heterocycles. The minimum Gasteiger partial charge on any atom is -0.456 e. The Morgan fingerprint density at radius 1 is 1.03 bits per heavy atom. The molecular formula is C22H20FN3O5S. The van der Waals surface area contributed by atoms with Crippen LogP contribution >= 0.6 is 11.8 Å². The van der Waals surface area contributed by atoms with Crippen molar-refractivity contribution in [3.63, 3.8) is 0 Å². The van der Waals surface area contributed by atoms with E-state index in [1.165, 1.54) is 49.0 Å². The number of nitrogens with zero attached hydrogens (tertiary/aromatic N) is 2. The summed E-state index contributed by atoms with van der Waals surface area (Å²) in [5.41, 5.74) is -0.0468. The molecule has 166 valence electrons. The van der Waals surface area contributed by atoms with Crippen molar-refractivity contribution in [2.24, 2.45) is 14.1 Å². The number of rotatable bonds is 7. The van der Waals surface area contributed by atoms with Gasteiger partial charge in [-0.3, -0.25) is 18.7 Å². The molecule has 10 heteroatoms. The van der Waals surface area contributed by atoms with Crippen molar-refractivity contribution in [2.75, 3.05) is 11.1 Å². The van der Waals surface area contributed by atoms with E-state index in [0.29, 0.717) is 10.6 Å². The Hall–Kier alpha value is -3.66. The highest BCUT2D eigenvalue weighted by Gasteiger charge is 2.16. The maximum atomic E-state index is 13.0. The Balaban J connectivity index is 1.65. The lowest BCUT2D eigenvalue weighted by Crippen LogP contribution is -2.38. The van der Waals surface area contributed by atoms with Crippen LogP contribution in [0.3, 0.4) is 0 Å². The molecule has 32 heavy (non-hydrogen) atoms. The van der Waals surface area contributed by atoms with E-state index < -0.39 is 23.0 Å². The Morgan fingerprint density at radius 2 is 1.72 bits per heavy atom. The number of thioether (sulfide) groups is 1. The number of amides is 1. The van der Waals surface area contributed by atoms with Crippen molar-refractivity contribution in [1.82, 2.24) is 9.13 Å². The van der Waals surface area contributed by atoms with Crippen molar-refractivity contribution in [1.29, 1.82) is 0 Å². The number of benzene rings is 2. The molecule has 0 aliphatic heterocycles. The highest BCUT2D eigenvalue weighted by Crippen LogP contribution is 2.24. The quantitative estimate of drug-likeness (QED) is 0.432. The topological polar surface area (TPSA) is 99.4 Å². The van der Waals surface area contributed by atoms with E-state index >= 15 is 0 Å². The van der Waals surface area contributed by atoms with E-state index in [0.717, 1.165) is 16.3 Å². The number of anilines is 1. The molecule has 0 saturated heterocycles. The molecule has 3 aromatic rings. The number of ether oxygens (including phenoxy) is 1. The summed E-state index contributed by atoms with van der Waals surface area (Å²) in [7, 11) is 2.84. The second-order valence-electron chi connectivity index (χ2n) is 6.79. The van der Waals surface area contributed by atoms with Crippen molar-refractivity contribution in [3.05, 3.63) is 92.5 Å². The molecular weight excluding hydrogens is 437 g/mol. The van der Waals surface area contributed by atoms with Gasteiger partial charge in [0.2, 0.25) is 5.91 Å². The van der Waals surface area contributed by atoms with Gasteiger partial charge in [0, 0.05) is 30.7 Å². The lowest BCUT2D eigenvalue weighted by molar-refractivity contribution is -0.113. The van der Waals surface area contributed by atoms with Crippen LogP contribution in [0.2, 0.25) is 0 Å². The largest absolute Gasteiger partial charge is 0.456 e. The Morgan fingerprint density at radius 3 is 2.44 bits per heavy atom. The Labute approximate surface area is 186 Å². The fraction of sp³-hybridized carbons (Fsp3) is 0.182. The number of carbonyl (C=O) groups excluding carboxylic acids is 2. The molecule has 0 unspecified atom stereocenters. The van der Waals surface area contributed by atoms with Gasteiger partial charge in [-0.25, -0.2) is 14.0 Å². The lowest BCUT2D eigenvalue weighted by Gasteiger charge is -2.12. The van der Waals surface area contributed by atoms with E-state index in [-0.39, 0.29) is 29.5 Å². The third-order valence-electron chi connectivity index (χ3n) is 4.57. The number of esters is 1. The molecule has 2 aromatic carbocycles. The molecule has 0 saturated carbocycles. The number of nitrogens with one attached hydrogen (secondary N) is 1. The molecule has 1 N–H and O–H groups in total. The number of carbonyl (C=O) groups is 2.